The average molecular weight is 368 g/mol. The van der Waals surface area contributed by atoms with Crippen molar-refractivity contribution in [1.29, 1.82) is 0 Å². The highest BCUT2D eigenvalue weighted by Crippen LogP contribution is 2.39. The van der Waals surface area contributed by atoms with Crippen molar-refractivity contribution in [2.45, 2.75) is 63.8 Å². The van der Waals surface area contributed by atoms with Gasteiger partial charge in [0, 0.05) is 16.7 Å². The molecule has 22 heavy (non-hydrogen) atoms. The SMILES string of the molecule is CC(C)(C)OC(=O)N1C2CCC1C(Nc1ccc(Br)cn1)C2. The Morgan fingerprint density at radius 3 is 2.82 bits per heavy atom. The van der Waals surface area contributed by atoms with Gasteiger partial charge in [0.25, 0.3) is 0 Å². The molecule has 3 heterocycles. The van der Waals surface area contributed by atoms with Crippen molar-refractivity contribution in [3.8, 4) is 0 Å². The number of ether oxygens (including phenoxy) is 1. The Labute approximate surface area is 139 Å². The Morgan fingerprint density at radius 1 is 1.41 bits per heavy atom. The molecular formula is C16H22BrN3O2. The molecule has 3 atom stereocenters. The predicted molar refractivity (Wildman–Crippen MR) is 88.8 cm³/mol. The fourth-order valence-electron chi connectivity index (χ4n) is 3.39. The van der Waals surface area contributed by atoms with Crippen molar-refractivity contribution in [2.24, 2.45) is 0 Å². The highest BCUT2D eigenvalue weighted by atomic mass is 79.9. The van der Waals surface area contributed by atoms with E-state index in [9.17, 15) is 4.79 Å². The van der Waals surface area contributed by atoms with Crippen LogP contribution in [0.4, 0.5) is 10.6 Å². The number of amides is 1. The number of nitrogens with one attached hydrogen (secondary N) is 1. The molecule has 2 fully saturated rings. The molecule has 1 aromatic rings. The number of aromatic nitrogens is 1. The van der Waals surface area contributed by atoms with Gasteiger partial charge in [-0.05, 0) is 68.1 Å². The van der Waals surface area contributed by atoms with Crippen LogP contribution in [0, 0.1) is 0 Å². The van der Waals surface area contributed by atoms with Crippen molar-refractivity contribution in [3.63, 3.8) is 0 Å². The van der Waals surface area contributed by atoms with Gasteiger partial charge < -0.3 is 15.0 Å². The van der Waals surface area contributed by atoms with Crippen molar-refractivity contribution in [1.82, 2.24) is 9.88 Å². The zero-order valence-corrected chi connectivity index (χ0v) is 14.8. The van der Waals surface area contributed by atoms with E-state index < -0.39 is 5.60 Å². The summed E-state index contributed by atoms with van der Waals surface area (Å²) in [4.78, 5) is 18.7. The van der Waals surface area contributed by atoms with E-state index in [1.54, 1.807) is 6.20 Å². The number of pyridine rings is 1. The van der Waals surface area contributed by atoms with Crippen LogP contribution in [0.2, 0.25) is 0 Å². The van der Waals surface area contributed by atoms with Crippen molar-refractivity contribution in [3.05, 3.63) is 22.8 Å². The van der Waals surface area contributed by atoms with E-state index >= 15 is 0 Å². The summed E-state index contributed by atoms with van der Waals surface area (Å²) in [5, 5.41) is 3.47. The molecule has 0 aromatic carbocycles. The number of rotatable bonds is 2. The van der Waals surface area contributed by atoms with Crippen LogP contribution in [0.1, 0.15) is 40.0 Å². The molecule has 2 aliphatic rings. The summed E-state index contributed by atoms with van der Waals surface area (Å²) in [5.41, 5.74) is -0.449. The Morgan fingerprint density at radius 2 is 2.18 bits per heavy atom. The lowest BCUT2D eigenvalue weighted by Gasteiger charge is -2.28. The van der Waals surface area contributed by atoms with Crippen molar-refractivity contribution >= 4 is 27.8 Å². The second kappa shape index (κ2) is 5.72. The predicted octanol–water partition coefficient (Wildman–Crippen LogP) is 3.80. The molecule has 0 radical (unpaired) electrons. The molecule has 2 bridgehead atoms. The molecule has 0 aliphatic carbocycles. The van der Waals surface area contributed by atoms with Gasteiger partial charge in [-0.1, -0.05) is 0 Å². The molecule has 3 rings (SSSR count). The lowest BCUT2D eigenvalue weighted by Crippen LogP contribution is -2.42. The van der Waals surface area contributed by atoms with Crippen LogP contribution in [0.5, 0.6) is 0 Å². The monoisotopic (exact) mass is 367 g/mol. The van der Waals surface area contributed by atoms with Crippen molar-refractivity contribution in [2.75, 3.05) is 5.32 Å². The van der Waals surface area contributed by atoms with Crippen LogP contribution in [0.15, 0.2) is 22.8 Å². The number of fused-ring (bicyclic) bond motifs is 2. The van der Waals surface area contributed by atoms with Gasteiger partial charge in [0.05, 0.1) is 12.1 Å². The van der Waals surface area contributed by atoms with E-state index in [1.165, 1.54) is 0 Å². The summed E-state index contributed by atoms with van der Waals surface area (Å²) in [5.74, 6) is 0.852. The van der Waals surface area contributed by atoms with E-state index in [2.05, 4.69) is 26.2 Å². The Kier molecular flexibility index (Phi) is 4.05. The molecule has 1 N–H and O–H groups in total. The Hall–Kier alpha value is -1.30. The average Bonchev–Trinajstić information content (AvgIpc) is 2.97. The van der Waals surface area contributed by atoms with Gasteiger partial charge in [0.15, 0.2) is 0 Å². The number of hydrogen-bond acceptors (Lipinski definition) is 4. The summed E-state index contributed by atoms with van der Waals surface area (Å²) in [6.07, 6.45) is 4.64. The number of nitrogens with zero attached hydrogens (tertiary/aromatic N) is 2. The third kappa shape index (κ3) is 3.21. The fraction of sp³-hybridized carbons (Fsp3) is 0.625. The number of carbonyl (C=O) groups excluding carboxylic acids is 1. The molecular weight excluding hydrogens is 346 g/mol. The Balaban J connectivity index is 1.67. The minimum Gasteiger partial charge on any atom is -0.444 e. The quantitative estimate of drug-likeness (QED) is 0.863. The number of carbonyl (C=O) groups is 1. The van der Waals surface area contributed by atoms with E-state index in [1.807, 2.05) is 37.8 Å². The molecule has 120 valence electrons. The highest BCUT2D eigenvalue weighted by molar-refractivity contribution is 9.10. The number of hydrogen-bond donors (Lipinski definition) is 1. The molecule has 1 aromatic heterocycles. The zero-order valence-electron chi connectivity index (χ0n) is 13.2. The first-order valence-corrected chi connectivity index (χ1v) is 8.52. The zero-order chi connectivity index (χ0) is 15.9. The van der Waals surface area contributed by atoms with Crippen LogP contribution in [0.25, 0.3) is 0 Å². The fourth-order valence-corrected chi connectivity index (χ4v) is 3.63. The molecule has 6 heteroatoms. The van der Waals surface area contributed by atoms with Crippen molar-refractivity contribution < 1.29 is 9.53 Å². The molecule has 0 spiro atoms. The van der Waals surface area contributed by atoms with Gasteiger partial charge in [-0.15, -0.1) is 0 Å². The second-order valence-corrected chi connectivity index (χ2v) is 7.95. The minimum absolute atomic E-state index is 0.187. The maximum atomic E-state index is 12.4. The largest absolute Gasteiger partial charge is 0.444 e. The standard InChI is InChI=1S/C16H22BrN3O2/c1-16(2,3)22-15(21)20-11-5-6-13(20)12(8-11)19-14-7-4-10(17)9-18-14/h4,7,9,11-13H,5-6,8H2,1-3H3,(H,18,19). The van der Waals surface area contributed by atoms with Gasteiger partial charge in [0.1, 0.15) is 11.4 Å². The lowest BCUT2D eigenvalue weighted by molar-refractivity contribution is 0.0214. The maximum Gasteiger partial charge on any atom is 0.410 e. The molecule has 2 aliphatic heterocycles. The summed E-state index contributed by atoms with van der Waals surface area (Å²) in [6, 6.07) is 4.65. The van der Waals surface area contributed by atoms with Crippen LogP contribution in [0.3, 0.4) is 0 Å². The van der Waals surface area contributed by atoms with Crippen LogP contribution in [-0.4, -0.2) is 39.7 Å². The summed E-state index contributed by atoms with van der Waals surface area (Å²) in [6.45, 7) is 5.72. The lowest BCUT2D eigenvalue weighted by atomic mass is 9.95. The smallest absolute Gasteiger partial charge is 0.410 e. The van der Waals surface area contributed by atoms with Gasteiger partial charge >= 0.3 is 6.09 Å². The maximum absolute atomic E-state index is 12.4. The number of anilines is 1. The molecule has 2 saturated heterocycles. The third-order valence-corrected chi connectivity index (χ3v) is 4.67. The summed E-state index contributed by atoms with van der Waals surface area (Å²) >= 11 is 3.39. The first kappa shape index (κ1) is 15.6. The van der Waals surface area contributed by atoms with Gasteiger partial charge in [0.2, 0.25) is 0 Å². The molecule has 0 saturated carbocycles. The normalized spacial score (nSPS) is 27.1. The van der Waals surface area contributed by atoms with Crippen LogP contribution in [-0.2, 0) is 4.74 Å². The molecule has 3 unspecified atom stereocenters. The third-order valence-electron chi connectivity index (χ3n) is 4.20. The van der Waals surface area contributed by atoms with E-state index in [0.29, 0.717) is 0 Å². The van der Waals surface area contributed by atoms with Gasteiger partial charge in [-0.2, -0.15) is 0 Å². The second-order valence-electron chi connectivity index (χ2n) is 7.03. The highest BCUT2D eigenvalue weighted by Gasteiger charge is 2.49. The minimum atomic E-state index is -0.449. The topological polar surface area (TPSA) is 54.5 Å². The summed E-state index contributed by atoms with van der Waals surface area (Å²) in [7, 11) is 0. The number of halogens is 1. The van der Waals surface area contributed by atoms with E-state index in [-0.39, 0.29) is 24.2 Å². The first-order chi connectivity index (χ1) is 10.3. The Bertz CT molecular complexity index is 556. The van der Waals surface area contributed by atoms with E-state index in [0.717, 1.165) is 29.6 Å². The van der Waals surface area contributed by atoms with E-state index in [4.69, 9.17) is 4.74 Å². The van der Waals surface area contributed by atoms with Gasteiger partial charge in [-0.25, -0.2) is 9.78 Å². The molecule has 5 nitrogen and oxygen atoms in total. The van der Waals surface area contributed by atoms with Crippen LogP contribution < -0.4 is 5.32 Å². The summed E-state index contributed by atoms with van der Waals surface area (Å²) < 4.78 is 6.51. The molecule has 1 amide bonds. The first-order valence-electron chi connectivity index (χ1n) is 7.73. The van der Waals surface area contributed by atoms with Gasteiger partial charge in [-0.3, -0.25) is 0 Å². The van der Waals surface area contributed by atoms with Crippen LogP contribution >= 0.6 is 15.9 Å².